The van der Waals surface area contributed by atoms with Crippen molar-refractivity contribution in [1.82, 2.24) is 0 Å². The third-order valence-corrected chi connectivity index (χ3v) is 5.31. The number of allylic oxidation sites excluding steroid dienone is 1. The fourth-order valence-electron chi connectivity index (χ4n) is 1.63. The van der Waals surface area contributed by atoms with Crippen LogP contribution < -0.4 is 0 Å². The van der Waals surface area contributed by atoms with Gasteiger partial charge in [-0.1, -0.05) is 36.4 Å². The van der Waals surface area contributed by atoms with E-state index in [-0.39, 0.29) is 9.80 Å². The van der Waals surface area contributed by atoms with Crippen molar-refractivity contribution in [3.05, 3.63) is 68.6 Å². The largest absolute Gasteiger partial charge is 0.218 e. The van der Waals surface area contributed by atoms with Crippen LogP contribution in [0.5, 0.6) is 0 Å². The molecule has 0 heterocycles. The Hall–Kier alpha value is -1.65. The number of benzene rings is 2. The lowest BCUT2D eigenvalue weighted by atomic mass is 10.2. The monoisotopic (exact) mass is 395 g/mol. The van der Waals surface area contributed by atoms with Crippen LogP contribution in [-0.4, -0.2) is 8.42 Å². The van der Waals surface area contributed by atoms with E-state index in [4.69, 9.17) is 0 Å². The lowest BCUT2D eigenvalue weighted by molar-refractivity contribution is 0.603. The smallest absolute Gasteiger partial charge is 0.216 e. The van der Waals surface area contributed by atoms with Crippen LogP contribution in [0.15, 0.2) is 64.4 Å². The van der Waals surface area contributed by atoms with Crippen LogP contribution >= 0.6 is 22.6 Å². The van der Waals surface area contributed by atoms with Crippen LogP contribution in [0.25, 0.3) is 6.08 Å². The summed E-state index contributed by atoms with van der Waals surface area (Å²) in [6.07, 6.45) is 1.41. The fraction of sp³-hybridized carbons (Fsp3) is 0. The van der Waals surface area contributed by atoms with E-state index >= 15 is 0 Å². The molecule has 0 spiro atoms. The molecule has 0 saturated heterocycles. The van der Waals surface area contributed by atoms with Crippen molar-refractivity contribution in [3.8, 4) is 6.07 Å². The molecule has 0 unspecified atom stereocenters. The van der Waals surface area contributed by atoms with E-state index < -0.39 is 9.84 Å². The van der Waals surface area contributed by atoms with Crippen LogP contribution in [0.3, 0.4) is 0 Å². The van der Waals surface area contributed by atoms with Crippen molar-refractivity contribution < 1.29 is 8.42 Å². The summed E-state index contributed by atoms with van der Waals surface area (Å²) in [6.45, 7) is 0. The van der Waals surface area contributed by atoms with Gasteiger partial charge in [0.05, 0.1) is 4.90 Å². The third kappa shape index (κ3) is 3.08. The third-order valence-electron chi connectivity index (χ3n) is 2.65. The Balaban J connectivity index is 2.55. The van der Waals surface area contributed by atoms with Gasteiger partial charge in [-0.25, -0.2) is 8.42 Å². The van der Waals surface area contributed by atoms with E-state index in [2.05, 4.69) is 22.6 Å². The second kappa shape index (κ2) is 6.20. The van der Waals surface area contributed by atoms with Gasteiger partial charge in [0.25, 0.3) is 0 Å². The lowest BCUT2D eigenvalue weighted by Gasteiger charge is -2.03. The highest BCUT2D eigenvalue weighted by Crippen LogP contribution is 2.22. The SMILES string of the molecule is N#C/C(=C/c1ccccc1I)S(=O)(=O)c1ccccc1. The second-order valence-corrected chi connectivity index (χ2v) is 7.04. The van der Waals surface area contributed by atoms with Crippen LogP contribution in [0.4, 0.5) is 0 Å². The molecule has 0 aliphatic heterocycles. The molecule has 2 aromatic rings. The van der Waals surface area contributed by atoms with E-state index in [1.165, 1.54) is 18.2 Å². The Morgan fingerprint density at radius 1 is 1.05 bits per heavy atom. The molecule has 0 aromatic heterocycles. The van der Waals surface area contributed by atoms with Gasteiger partial charge in [-0.3, -0.25) is 0 Å². The normalized spacial score (nSPS) is 11.9. The summed E-state index contributed by atoms with van der Waals surface area (Å²) in [7, 11) is -3.77. The highest BCUT2D eigenvalue weighted by atomic mass is 127. The molecule has 3 nitrogen and oxygen atoms in total. The number of halogens is 1. The van der Waals surface area contributed by atoms with Gasteiger partial charge < -0.3 is 0 Å². The molecule has 0 atom stereocenters. The van der Waals surface area contributed by atoms with Gasteiger partial charge in [-0.15, -0.1) is 0 Å². The van der Waals surface area contributed by atoms with Crippen molar-refractivity contribution in [2.24, 2.45) is 0 Å². The first kappa shape index (κ1) is 14.8. The molecular formula is C15H10INO2S. The number of hydrogen-bond acceptors (Lipinski definition) is 3. The summed E-state index contributed by atoms with van der Waals surface area (Å²) in [5.74, 6) is 0. The van der Waals surface area contributed by atoms with Crippen LogP contribution in [0.1, 0.15) is 5.56 Å². The van der Waals surface area contributed by atoms with Gasteiger partial charge in [0.1, 0.15) is 11.0 Å². The van der Waals surface area contributed by atoms with Gasteiger partial charge in [0.15, 0.2) is 0 Å². The molecule has 0 amide bonds. The van der Waals surface area contributed by atoms with Crippen LogP contribution in [-0.2, 0) is 9.84 Å². The van der Waals surface area contributed by atoms with E-state index in [1.54, 1.807) is 36.4 Å². The molecule has 100 valence electrons. The fourth-order valence-corrected chi connectivity index (χ4v) is 3.34. The second-order valence-electron chi connectivity index (χ2n) is 3.96. The summed E-state index contributed by atoms with van der Waals surface area (Å²) in [4.78, 5) is -0.133. The van der Waals surface area contributed by atoms with Crippen molar-refractivity contribution in [2.45, 2.75) is 4.90 Å². The quantitative estimate of drug-likeness (QED) is 0.589. The first-order valence-electron chi connectivity index (χ1n) is 5.72. The molecule has 0 bridgehead atoms. The molecular weight excluding hydrogens is 385 g/mol. The maximum atomic E-state index is 12.4. The summed E-state index contributed by atoms with van der Waals surface area (Å²) in [5, 5.41) is 9.18. The average Bonchev–Trinajstić information content (AvgIpc) is 2.47. The molecule has 0 radical (unpaired) electrons. The van der Waals surface area contributed by atoms with Crippen molar-refractivity contribution in [2.75, 3.05) is 0 Å². The molecule has 0 aliphatic rings. The van der Waals surface area contributed by atoms with Gasteiger partial charge in [-0.2, -0.15) is 5.26 Å². The summed E-state index contributed by atoms with van der Waals surface area (Å²) >= 11 is 2.10. The molecule has 0 fully saturated rings. The number of hydrogen-bond donors (Lipinski definition) is 0. The Morgan fingerprint density at radius 3 is 2.25 bits per heavy atom. The zero-order chi connectivity index (χ0) is 14.6. The first-order chi connectivity index (χ1) is 9.55. The standard InChI is InChI=1S/C15H10INO2S/c16-15-9-5-4-6-12(15)10-14(11-17)20(18,19)13-7-2-1-3-8-13/h1-10H/b14-10-. The molecule has 20 heavy (non-hydrogen) atoms. The van der Waals surface area contributed by atoms with E-state index in [0.717, 1.165) is 3.57 Å². The van der Waals surface area contributed by atoms with Gasteiger partial charge >= 0.3 is 0 Å². The Labute approximate surface area is 131 Å². The zero-order valence-corrected chi connectivity index (χ0v) is 13.3. The summed E-state index contributed by atoms with van der Waals surface area (Å²) in [5.41, 5.74) is 0.712. The zero-order valence-electron chi connectivity index (χ0n) is 10.3. The van der Waals surface area contributed by atoms with E-state index in [0.29, 0.717) is 5.56 Å². The van der Waals surface area contributed by atoms with Crippen molar-refractivity contribution in [1.29, 1.82) is 5.26 Å². The summed E-state index contributed by atoms with van der Waals surface area (Å²) in [6, 6.07) is 17.0. The molecule has 0 saturated carbocycles. The predicted octanol–water partition coefficient (Wildman–Crippen LogP) is 3.63. The Bertz CT molecular complexity index is 790. The number of nitrogens with zero attached hydrogens (tertiary/aromatic N) is 1. The number of nitriles is 1. The molecule has 2 rings (SSSR count). The number of rotatable bonds is 3. The van der Waals surface area contributed by atoms with Crippen LogP contribution in [0, 0.1) is 14.9 Å². The Kier molecular flexibility index (Phi) is 4.57. The summed E-state index contributed by atoms with van der Waals surface area (Å²) < 4.78 is 25.7. The van der Waals surface area contributed by atoms with Crippen molar-refractivity contribution >= 4 is 38.5 Å². The van der Waals surface area contributed by atoms with E-state index in [9.17, 15) is 13.7 Å². The molecule has 0 N–H and O–H groups in total. The number of sulfone groups is 1. The highest BCUT2D eigenvalue weighted by molar-refractivity contribution is 14.1. The predicted molar refractivity (Wildman–Crippen MR) is 86.4 cm³/mol. The topological polar surface area (TPSA) is 57.9 Å². The first-order valence-corrected chi connectivity index (χ1v) is 8.28. The highest BCUT2D eigenvalue weighted by Gasteiger charge is 2.20. The van der Waals surface area contributed by atoms with Gasteiger partial charge in [0, 0.05) is 3.57 Å². The Morgan fingerprint density at radius 2 is 1.65 bits per heavy atom. The minimum atomic E-state index is -3.77. The van der Waals surface area contributed by atoms with Gasteiger partial charge in [-0.05, 0) is 52.4 Å². The minimum absolute atomic E-state index is 0.124. The maximum absolute atomic E-state index is 12.4. The average molecular weight is 395 g/mol. The van der Waals surface area contributed by atoms with Crippen molar-refractivity contribution in [3.63, 3.8) is 0 Å². The molecule has 2 aromatic carbocycles. The van der Waals surface area contributed by atoms with Gasteiger partial charge in [0.2, 0.25) is 9.84 Å². The maximum Gasteiger partial charge on any atom is 0.216 e. The molecule has 5 heteroatoms. The lowest BCUT2D eigenvalue weighted by Crippen LogP contribution is -2.03. The molecule has 0 aliphatic carbocycles. The van der Waals surface area contributed by atoms with E-state index in [1.807, 2.05) is 12.1 Å². The van der Waals surface area contributed by atoms with Crippen LogP contribution in [0.2, 0.25) is 0 Å². The minimum Gasteiger partial charge on any atom is -0.218 e.